The Labute approximate surface area is 181 Å². The molecule has 0 aliphatic rings. The van der Waals surface area contributed by atoms with Gasteiger partial charge in [-0.25, -0.2) is 4.39 Å². The van der Waals surface area contributed by atoms with Crippen molar-refractivity contribution in [1.29, 1.82) is 0 Å². The number of unbranched alkanes of at least 4 members (excludes halogenated alkanes) is 1. The minimum absolute atomic E-state index is 0.0565. The summed E-state index contributed by atoms with van der Waals surface area (Å²) < 4.78 is 19.7. The van der Waals surface area contributed by atoms with Crippen LogP contribution < -0.4 is 4.74 Å². The van der Waals surface area contributed by atoms with E-state index in [2.05, 4.69) is 24.0 Å². The van der Waals surface area contributed by atoms with E-state index in [1.165, 1.54) is 24.5 Å². The number of aliphatic imine (C=N–C) groups is 1. The maximum Gasteiger partial charge on any atom is 0.147 e. The first-order valence-corrected chi connectivity index (χ1v) is 10.3. The van der Waals surface area contributed by atoms with Gasteiger partial charge in [0.1, 0.15) is 18.2 Å². The number of hydrogen-bond donors (Lipinski definition) is 0. The fourth-order valence-electron chi connectivity index (χ4n) is 2.87. The molecule has 3 aromatic rings. The summed E-state index contributed by atoms with van der Waals surface area (Å²) >= 11 is 12.5. The van der Waals surface area contributed by atoms with Crippen molar-refractivity contribution in [3.8, 4) is 5.75 Å². The number of benzene rings is 3. The second-order valence-corrected chi connectivity index (χ2v) is 7.56. The Hall–Kier alpha value is -2.36. The molecule has 0 atom stereocenters. The summed E-state index contributed by atoms with van der Waals surface area (Å²) in [6.07, 6.45) is 5.07. The van der Waals surface area contributed by atoms with Crippen LogP contribution in [0.2, 0.25) is 10.0 Å². The van der Waals surface area contributed by atoms with Gasteiger partial charge in [-0.1, -0.05) is 66.9 Å². The zero-order valence-corrected chi connectivity index (χ0v) is 17.7. The van der Waals surface area contributed by atoms with Gasteiger partial charge in [0.15, 0.2) is 0 Å². The Bertz CT molecular complexity index is 987. The van der Waals surface area contributed by atoms with Crippen LogP contribution in [0, 0.1) is 5.82 Å². The van der Waals surface area contributed by atoms with E-state index in [9.17, 15) is 4.39 Å². The van der Waals surface area contributed by atoms with Gasteiger partial charge in [0.25, 0.3) is 0 Å². The van der Waals surface area contributed by atoms with Crippen LogP contribution in [-0.4, -0.2) is 6.21 Å². The van der Waals surface area contributed by atoms with E-state index in [4.69, 9.17) is 27.9 Å². The number of nitrogens with zero attached hydrogens (tertiary/aromatic N) is 1. The average Bonchev–Trinajstić information content (AvgIpc) is 2.71. The zero-order valence-electron chi connectivity index (χ0n) is 16.2. The third-order valence-corrected chi connectivity index (χ3v) is 4.97. The fraction of sp³-hybridized carbons (Fsp3) is 0.208. The largest absolute Gasteiger partial charge is 0.487 e. The van der Waals surface area contributed by atoms with Crippen LogP contribution in [0.25, 0.3) is 0 Å². The van der Waals surface area contributed by atoms with Crippen LogP contribution in [0.3, 0.4) is 0 Å². The lowest BCUT2D eigenvalue weighted by Crippen LogP contribution is -2.01. The standard InChI is InChI=1S/C24H22Cl2FNO/c1-2-3-6-17-9-11-21(12-10-17)28-15-19-13-20(25)14-22(26)24(19)29-16-18-7-4-5-8-23(18)27/h4-5,7-15H,2-3,6,16H2,1H3. The zero-order chi connectivity index (χ0) is 20.6. The summed E-state index contributed by atoms with van der Waals surface area (Å²) in [5.74, 6) is 0.0959. The van der Waals surface area contributed by atoms with Crippen molar-refractivity contribution in [2.45, 2.75) is 32.8 Å². The van der Waals surface area contributed by atoms with Crippen molar-refractivity contribution >= 4 is 35.1 Å². The quantitative estimate of drug-likeness (QED) is 0.334. The number of aryl methyl sites for hydroxylation is 1. The fourth-order valence-corrected chi connectivity index (χ4v) is 3.43. The van der Waals surface area contributed by atoms with Gasteiger partial charge < -0.3 is 4.74 Å². The van der Waals surface area contributed by atoms with Gasteiger partial charge in [0, 0.05) is 22.4 Å². The molecule has 0 bridgehead atoms. The van der Waals surface area contributed by atoms with Crippen molar-refractivity contribution < 1.29 is 9.13 Å². The summed E-state index contributed by atoms with van der Waals surface area (Å²) in [5.41, 5.74) is 3.20. The van der Waals surface area contributed by atoms with Crippen LogP contribution in [0.1, 0.15) is 36.5 Å². The van der Waals surface area contributed by atoms with Crippen LogP contribution >= 0.6 is 23.2 Å². The van der Waals surface area contributed by atoms with E-state index >= 15 is 0 Å². The predicted octanol–water partition coefficient (Wildman–Crippen LogP) is 7.80. The molecule has 0 heterocycles. The molecule has 0 saturated heterocycles. The van der Waals surface area contributed by atoms with Crippen LogP contribution in [0.15, 0.2) is 65.7 Å². The molecule has 3 rings (SSSR count). The first-order valence-electron chi connectivity index (χ1n) is 9.55. The Morgan fingerprint density at radius 1 is 1.03 bits per heavy atom. The monoisotopic (exact) mass is 429 g/mol. The highest BCUT2D eigenvalue weighted by Gasteiger charge is 2.11. The molecule has 5 heteroatoms. The third kappa shape index (κ3) is 6.06. The number of hydrogen-bond acceptors (Lipinski definition) is 2. The minimum atomic E-state index is -0.323. The third-order valence-electron chi connectivity index (χ3n) is 4.48. The SMILES string of the molecule is CCCCc1ccc(N=Cc2cc(Cl)cc(Cl)c2OCc2ccccc2F)cc1. The Morgan fingerprint density at radius 3 is 2.52 bits per heavy atom. The normalized spacial score (nSPS) is 11.2. The van der Waals surface area contributed by atoms with Crippen LogP contribution in [-0.2, 0) is 13.0 Å². The van der Waals surface area contributed by atoms with E-state index in [0.717, 1.165) is 12.1 Å². The first-order chi connectivity index (χ1) is 14.1. The molecule has 0 aromatic heterocycles. The van der Waals surface area contributed by atoms with Crippen LogP contribution in [0.4, 0.5) is 10.1 Å². The highest BCUT2D eigenvalue weighted by atomic mass is 35.5. The lowest BCUT2D eigenvalue weighted by atomic mass is 10.1. The van der Waals surface area contributed by atoms with E-state index in [0.29, 0.717) is 26.9 Å². The average molecular weight is 430 g/mol. The van der Waals surface area contributed by atoms with E-state index in [1.807, 2.05) is 12.1 Å². The van der Waals surface area contributed by atoms with Crippen molar-refractivity contribution in [3.05, 3.63) is 93.2 Å². The molecule has 0 N–H and O–H groups in total. The molecule has 3 aromatic carbocycles. The molecule has 0 saturated carbocycles. The van der Waals surface area contributed by atoms with Gasteiger partial charge in [-0.15, -0.1) is 0 Å². The van der Waals surface area contributed by atoms with Gasteiger partial charge in [-0.05, 0) is 48.7 Å². The Morgan fingerprint density at radius 2 is 1.79 bits per heavy atom. The second-order valence-electron chi connectivity index (χ2n) is 6.71. The molecule has 0 fully saturated rings. The van der Waals surface area contributed by atoms with Gasteiger partial charge in [-0.2, -0.15) is 0 Å². The molecular weight excluding hydrogens is 408 g/mol. The molecular formula is C24H22Cl2FNO. The molecule has 29 heavy (non-hydrogen) atoms. The van der Waals surface area contributed by atoms with Crippen molar-refractivity contribution in [2.75, 3.05) is 0 Å². The van der Waals surface area contributed by atoms with Gasteiger partial charge in [0.2, 0.25) is 0 Å². The number of ether oxygens (including phenoxy) is 1. The summed E-state index contributed by atoms with van der Waals surface area (Å²) in [6, 6.07) is 17.9. The minimum Gasteiger partial charge on any atom is -0.487 e. The molecule has 2 nitrogen and oxygen atoms in total. The smallest absolute Gasteiger partial charge is 0.147 e. The Balaban J connectivity index is 1.79. The Kier molecular flexibility index (Phi) is 7.68. The molecule has 0 aliphatic carbocycles. The maximum absolute atomic E-state index is 13.9. The molecule has 0 aliphatic heterocycles. The predicted molar refractivity (Wildman–Crippen MR) is 120 cm³/mol. The van der Waals surface area contributed by atoms with Gasteiger partial charge in [-0.3, -0.25) is 4.99 Å². The summed E-state index contributed by atoms with van der Waals surface area (Å²) in [7, 11) is 0. The maximum atomic E-state index is 13.9. The lowest BCUT2D eigenvalue weighted by molar-refractivity contribution is 0.299. The van der Waals surface area contributed by atoms with Gasteiger partial charge in [0.05, 0.1) is 10.7 Å². The van der Waals surface area contributed by atoms with Crippen molar-refractivity contribution in [3.63, 3.8) is 0 Å². The highest BCUT2D eigenvalue weighted by Crippen LogP contribution is 2.32. The molecule has 0 radical (unpaired) electrons. The molecule has 0 spiro atoms. The first kappa shape index (κ1) is 21.4. The number of rotatable bonds is 8. The second kappa shape index (κ2) is 10.4. The molecule has 150 valence electrons. The van der Waals surface area contributed by atoms with E-state index < -0.39 is 0 Å². The summed E-state index contributed by atoms with van der Waals surface area (Å²) in [5, 5.41) is 0.829. The van der Waals surface area contributed by atoms with E-state index in [-0.39, 0.29) is 12.4 Å². The van der Waals surface area contributed by atoms with Gasteiger partial charge >= 0.3 is 0 Å². The van der Waals surface area contributed by atoms with Crippen molar-refractivity contribution in [2.24, 2.45) is 4.99 Å². The number of halogens is 3. The van der Waals surface area contributed by atoms with Crippen molar-refractivity contribution in [1.82, 2.24) is 0 Å². The molecule has 0 unspecified atom stereocenters. The van der Waals surface area contributed by atoms with E-state index in [1.54, 1.807) is 36.5 Å². The topological polar surface area (TPSA) is 21.6 Å². The lowest BCUT2D eigenvalue weighted by Gasteiger charge is -2.12. The summed E-state index contributed by atoms with van der Waals surface area (Å²) in [4.78, 5) is 4.52. The van der Waals surface area contributed by atoms with Crippen LogP contribution in [0.5, 0.6) is 5.75 Å². The summed E-state index contributed by atoms with van der Waals surface area (Å²) in [6.45, 7) is 2.24. The highest BCUT2D eigenvalue weighted by molar-refractivity contribution is 6.36. The molecule has 0 amide bonds.